The third kappa shape index (κ3) is 4.45. The molecule has 2 aromatic carbocycles. The summed E-state index contributed by atoms with van der Waals surface area (Å²) in [5.41, 5.74) is 1.33. The summed E-state index contributed by atoms with van der Waals surface area (Å²) in [7, 11) is 1.47. The standard InChI is InChI=1S/C17H16ClFN2O3/c1-10-3-4-11(7-14(10)19)9-20-16(22)17(23)21-15-8-12(24-2)5-6-13(15)18/h3-8H,9H2,1-2H3,(H,20,22)(H,21,23). The predicted octanol–water partition coefficient (Wildman–Crippen LogP) is 3.05. The number of carbonyl (C=O) groups excluding carboxylic acids is 2. The molecular weight excluding hydrogens is 335 g/mol. The van der Waals surface area contributed by atoms with Gasteiger partial charge in [0.1, 0.15) is 11.6 Å². The maximum Gasteiger partial charge on any atom is 0.313 e. The number of nitrogens with one attached hydrogen (secondary N) is 2. The lowest BCUT2D eigenvalue weighted by Gasteiger charge is -2.10. The Balaban J connectivity index is 1.97. The van der Waals surface area contributed by atoms with Gasteiger partial charge in [-0.15, -0.1) is 0 Å². The highest BCUT2D eigenvalue weighted by Crippen LogP contribution is 2.26. The van der Waals surface area contributed by atoms with Gasteiger partial charge in [-0.1, -0.05) is 23.7 Å². The van der Waals surface area contributed by atoms with Crippen molar-refractivity contribution in [1.29, 1.82) is 0 Å². The molecule has 0 heterocycles. The molecule has 0 fully saturated rings. The number of methoxy groups -OCH3 is 1. The molecule has 0 aliphatic carbocycles. The van der Waals surface area contributed by atoms with Crippen LogP contribution in [0, 0.1) is 12.7 Å². The van der Waals surface area contributed by atoms with Crippen LogP contribution in [0.1, 0.15) is 11.1 Å². The van der Waals surface area contributed by atoms with Crippen LogP contribution in [0.3, 0.4) is 0 Å². The van der Waals surface area contributed by atoms with Crippen LogP contribution in [0.4, 0.5) is 10.1 Å². The lowest BCUT2D eigenvalue weighted by Crippen LogP contribution is -2.35. The van der Waals surface area contributed by atoms with Crippen LogP contribution in [-0.4, -0.2) is 18.9 Å². The molecule has 0 atom stereocenters. The lowest BCUT2D eigenvalue weighted by molar-refractivity contribution is -0.136. The Bertz CT molecular complexity index is 780. The van der Waals surface area contributed by atoms with Gasteiger partial charge in [0.2, 0.25) is 0 Å². The summed E-state index contributed by atoms with van der Waals surface area (Å²) in [4.78, 5) is 23.8. The molecule has 0 radical (unpaired) electrons. The van der Waals surface area contributed by atoms with Crippen molar-refractivity contribution in [2.75, 3.05) is 12.4 Å². The highest BCUT2D eigenvalue weighted by Gasteiger charge is 2.15. The molecule has 2 aromatic rings. The minimum atomic E-state index is -0.877. The van der Waals surface area contributed by atoms with E-state index in [1.165, 1.54) is 19.2 Å². The van der Waals surface area contributed by atoms with Crippen molar-refractivity contribution in [2.24, 2.45) is 0 Å². The van der Waals surface area contributed by atoms with Crippen molar-refractivity contribution < 1.29 is 18.7 Å². The van der Waals surface area contributed by atoms with Gasteiger partial charge < -0.3 is 15.4 Å². The van der Waals surface area contributed by atoms with E-state index in [1.54, 1.807) is 31.2 Å². The highest BCUT2D eigenvalue weighted by molar-refractivity contribution is 6.41. The van der Waals surface area contributed by atoms with E-state index < -0.39 is 11.8 Å². The number of benzene rings is 2. The maximum atomic E-state index is 13.4. The second kappa shape index (κ2) is 7.79. The number of halogens is 2. The van der Waals surface area contributed by atoms with Gasteiger partial charge in [-0.2, -0.15) is 0 Å². The fourth-order valence-electron chi connectivity index (χ4n) is 1.92. The smallest absolute Gasteiger partial charge is 0.313 e. The Morgan fingerprint density at radius 1 is 1.17 bits per heavy atom. The lowest BCUT2D eigenvalue weighted by atomic mass is 10.1. The Morgan fingerprint density at radius 2 is 1.92 bits per heavy atom. The van der Waals surface area contributed by atoms with Crippen molar-refractivity contribution in [1.82, 2.24) is 5.32 Å². The first-order valence-corrected chi connectivity index (χ1v) is 7.46. The zero-order valence-corrected chi connectivity index (χ0v) is 13.9. The summed E-state index contributed by atoms with van der Waals surface area (Å²) in [5.74, 6) is -1.60. The minimum absolute atomic E-state index is 0.0370. The van der Waals surface area contributed by atoms with Crippen LogP contribution in [0.15, 0.2) is 36.4 Å². The van der Waals surface area contributed by atoms with Crippen LogP contribution in [0.5, 0.6) is 5.75 Å². The Morgan fingerprint density at radius 3 is 2.58 bits per heavy atom. The van der Waals surface area contributed by atoms with E-state index in [-0.39, 0.29) is 23.1 Å². The molecule has 0 unspecified atom stereocenters. The number of amides is 2. The maximum absolute atomic E-state index is 13.4. The van der Waals surface area contributed by atoms with Gasteiger partial charge in [-0.25, -0.2) is 4.39 Å². The van der Waals surface area contributed by atoms with E-state index in [4.69, 9.17) is 16.3 Å². The number of aryl methyl sites for hydroxylation is 1. The SMILES string of the molecule is COc1ccc(Cl)c(NC(=O)C(=O)NCc2ccc(C)c(F)c2)c1. The van der Waals surface area contributed by atoms with E-state index in [0.29, 0.717) is 16.9 Å². The summed E-state index contributed by atoms with van der Waals surface area (Å²) in [5, 5.41) is 5.10. The molecule has 0 aliphatic heterocycles. The molecule has 0 saturated heterocycles. The average Bonchev–Trinajstić information content (AvgIpc) is 2.57. The van der Waals surface area contributed by atoms with Crippen LogP contribution >= 0.6 is 11.6 Å². The number of anilines is 1. The zero-order valence-electron chi connectivity index (χ0n) is 13.2. The van der Waals surface area contributed by atoms with Gasteiger partial charge >= 0.3 is 11.8 Å². The molecular formula is C17H16ClFN2O3. The van der Waals surface area contributed by atoms with E-state index in [0.717, 1.165) is 0 Å². The van der Waals surface area contributed by atoms with E-state index >= 15 is 0 Å². The first-order valence-electron chi connectivity index (χ1n) is 7.08. The summed E-state index contributed by atoms with van der Waals surface area (Å²) in [6.45, 7) is 1.68. The van der Waals surface area contributed by atoms with E-state index in [2.05, 4.69) is 10.6 Å². The third-order valence-corrected chi connectivity index (χ3v) is 3.65. The fourth-order valence-corrected chi connectivity index (χ4v) is 2.08. The molecule has 2 rings (SSSR count). The van der Waals surface area contributed by atoms with Crippen molar-refractivity contribution in [3.63, 3.8) is 0 Å². The number of hydrogen-bond donors (Lipinski definition) is 2. The molecule has 0 bridgehead atoms. The van der Waals surface area contributed by atoms with Gasteiger partial charge in [0.15, 0.2) is 0 Å². The summed E-state index contributed by atoms with van der Waals surface area (Å²) < 4.78 is 18.5. The highest BCUT2D eigenvalue weighted by atomic mass is 35.5. The minimum Gasteiger partial charge on any atom is -0.497 e. The summed E-state index contributed by atoms with van der Waals surface area (Å²) >= 11 is 5.96. The first-order chi connectivity index (χ1) is 11.4. The molecule has 24 heavy (non-hydrogen) atoms. The quantitative estimate of drug-likeness (QED) is 0.833. The Labute approximate surface area is 143 Å². The molecule has 7 heteroatoms. The monoisotopic (exact) mass is 350 g/mol. The molecule has 0 aromatic heterocycles. The summed E-state index contributed by atoms with van der Waals surface area (Å²) in [6.07, 6.45) is 0. The van der Waals surface area contributed by atoms with E-state index in [9.17, 15) is 14.0 Å². The third-order valence-electron chi connectivity index (χ3n) is 3.32. The van der Waals surface area contributed by atoms with Crippen LogP contribution in [-0.2, 0) is 16.1 Å². The molecule has 126 valence electrons. The van der Waals surface area contributed by atoms with Crippen LogP contribution < -0.4 is 15.4 Å². The molecule has 5 nitrogen and oxygen atoms in total. The molecule has 0 aliphatic rings. The van der Waals surface area contributed by atoms with Crippen molar-refractivity contribution in [3.8, 4) is 5.75 Å². The zero-order chi connectivity index (χ0) is 17.7. The van der Waals surface area contributed by atoms with Gasteiger partial charge in [-0.3, -0.25) is 9.59 Å². The second-order valence-corrected chi connectivity index (χ2v) is 5.47. The topological polar surface area (TPSA) is 67.4 Å². The number of ether oxygens (including phenoxy) is 1. The molecule has 2 amide bonds. The van der Waals surface area contributed by atoms with Crippen molar-refractivity contribution in [3.05, 3.63) is 58.4 Å². The number of hydrogen-bond acceptors (Lipinski definition) is 3. The first kappa shape index (κ1) is 17.7. The Kier molecular flexibility index (Phi) is 5.76. The molecule has 0 spiro atoms. The average molecular weight is 351 g/mol. The van der Waals surface area contributed by atoms with Gasteiger partial charge in [0, 0.05) is 12.6 Å². The number of carbonyl (C=O) groups is 2. The van der Waals surface area contributed by atoms with Crippen molar-refractivity contribution in [2.45, 2.75) is 13.5 Å². The number of rotatable bonds is 4. The van der Waals surface area contributed by atoms with E-state index in [1.807, 2.05) is 0 Å². The van der Waals surface area contributed by atoms with Gasteiger partial charge in [-0.05, 0) is 36.2 Å². The predicted molar refractivity (Wildman–Crippen MR) is 89.6 cm³/mol. The summed E-state index contributed by atoms with van der Waals surface area (Å²) in [6, 6.07) is 9.27. The molecule has 2 N–H and O–H groups in total. The fraction of sp³-hybridized carbons (Fsp3) is 0.176. The van der Waals surface area contributed by atoms with Crippen LogP contribution in [0.25, 0.3) is 0 Å². The molecule has 0 saturated carbocycles. The normalized spacial score (nSPS) is 10.2. The van der Waals surface area contributed by atoms with Gasteiger partial charge in [0.05, 0.1) is 17.8 Å². The van der Waals surface area contributed by atoms with Crippen molar-refractivity contribution >= 4 is 29.1 Å². The Hall–Kier alpha value is -2.60. The largest absolute Gasteiger partial charge is 0.497 e. The second-order valence-electron chi connectivity index (χ2n) is 5.07. The van der Waals surface area contributed by atoms with Gasteiger partial charge in [0.25, 0.3) is 0 Å². The van der Waals surface area contributed by atoms with Crippen LogP contribution in [0.2, 0.25) is 5.02 Å².